The van der Waals surface area contributed by atoms with Gasteiger partial charge in [0.2, 0.25) is 0 Å². The van der Waals surface area contributed by atoms with E-state index < -0.39 is 5.54 Å². The van der Waals surface area contributed by atoms with E-state index in [1.165, 1.54) is 25.6 Å². The van der Waals surface area contributed by atoms with Gasteiger partial charge in [-0.25, -0.2) is 9.67 Å². The average molecular weight is 278 g/mol. The number of carbonyl (C=O) groups is 1. The molecule has 20 heavy (non-hydrogen) atoms. The lowest BCUT2D eigenvalue weighted by Crippen LogP contribution is -2.52. The minimum atomic E-state index is -0.409. The van der Waals surface area contributed by atoms with Crippen molar-refractivity contribution in [3.05, 3.63) is 12.2 Å². The minimum Gasteiger partial charge on any atom is -0.297 e. The first-order chi connectivity index (χ1) is 9.43. The number of ketones is 1. The average Bonchev–Trinajstić information content (AvgIpc) is 2.88. The predicted molar refractivity (Wildman–Crippen MR) is 78.6 cm³/mol. The van der Waals surface area contributed by atoms with Crippen molar-refractivity contribution in [2.75, 3.05) is 13.1 Å². The molecule has 1 fully saturated rings. The van der Waals surface area contributed by atoms with E-state index in [9.17, 15) is 4.79 Å². The van der Waals surface area contributed by atoms with Crippen LogP contribution in [0, 0.1) is 0 Å². The van der Waals surface area contributed by atoms with Gasteiger partial charge in [0.15, 0.2) is 5.78 Å². The molecular formula is C15H26N4O. The highest BCUT2D eigenvalue weighted by atomic mass is 16.1. The van der Waals surface area contributed by atoms with Crippen LogP contribution in [0.5, 0.6) is 0 Å². The second kappa shape index (κ2) is 6.04. The van der Waals surface area contributed by atoms with Crippen LogP contribution in [0.1, 0.15) is 58.8 Å². The topological polar surface area (TPSA) is 51.0 Å². The lowest BCUT2D eigenvalue weighted by molar-refractivity contribution is -0.129. The van der Waals surface area contributed by atoms with E-state index in [-0.39, 0.29) is 11.8 Å². The number of rotatable bonds is 5. The van der Waals surface area contributed by atoms with Gasteiger partial charge in [0, 0.05) is 6.04 Å². The van der Waals surface area contributed by atoms with Gasteiger partial charge >= 0.3 is 0 Å². The molecule has 1 aromatic heterocycles. The third-order valence-electron chi connectivity index (χ3n) is 4.28. The van der Waals surface area contributed by atoms with Crippen LogP contribution in [0.2, 0.25) is 0 Å². The van der Waals surface area contributed by atoms with Crippen molar-refractivity contribution in [2.45, 2.75) is 65.0 Å². The molecule has 0 aliphatic carbocycles. The fourth-order valence-corrected chi connectivity index (χ4v) is 2.82. The molecule has 5 heteroatoms. The van der Waals surface area contributed by atoms with E-state index in [1.54, 1.807) is 0 Å². The molecule has 1 aromatic rings. The summed E-state index contributed by atoms with van der Waals surface area (Å²) in [7, 11) is 0. The Labute approximate surface area is 121 Å². The smallest absolute Gasteiger partial charge is 0.160 e. The van der Waals surface area contributed by atoms with Crippen molar-refractivity contribution in [2.24, 2.45) is 0 Å². The van der Waals surface area contributed by atoms with Gasteiger partial charge in [-0.3, -0.25) is 9.69 Å². The highest BCUT2D eigenvalue weighted by Crippen LogP contribution is 2.23. The van der Waals surface area contributed by atoms with E-state index >= 15 is 0 Å². The third kappa shape index (κ3) is 3.08. The summed E-state index contributed by atoms with van der Waals surface area (Å²) in [5.41, 5.74) is -0.409. The summed E-state index contributed by atoms with van der Waals surface area (Å²) < 4.78 is 1.84. The van der Waals surface area contributed by atoms with Crippen molar-refractivity contribution >= 4 is 5.78 Å². The fraction of sp³-hybridized carbons (Fsp3) is 0.800. The summed E-state index contributed by atoms with van der Waals surface area (Å²) in [4.78, 5) is 19.2. The van der Waals surface area contributed by atoms with Crippen LogP contribution in [0.25, 0.3) is 0 Å². The summed E-state index contributed by atoms with van der Waals surface area (Å²) in [6.07, 6.45) is 5.57. The molecule has 2 rings (SSSR count). The zero-order chi connectivity index (χ0) is 14.8. The predicted octanol–water partition coefficient (Wildman–Crippen LogP) is 2.24. The van der Waals surface area contributed by atoms with E-state index in [1.807, 2.05) is 18.5 Å². The van der Waals surface area contributed by atoms with E-state index in [4.69, 9.17) is 0 Å². The first kappa shape index (κ1) is 15.2. The molecule has 0 aromatic carbocycles. The Kier molecular flexibility index (Phi) is 4.58. The fourth-order valence-electron chi connectivity index (χ4n) is 2.82. The summed E-state index contributed by atoms with van der Waals surface area (Å²) in [6, 6.07) is 0.235. The zero-order valence-corrected chi connectivity index (χ0v) is 13.1. The summed E-state index contributed by atoms with van der Waals surface area (Å²) >= 11 is 0. The lowest BCUT2D eigenvalue weighted by Gasteiger charge is -2.39. The lowest BCUT2D eigenvalue weighted by atomic mass is 9.91. The first-order valence-electron chi connectivity index (χ1n) is 7.59. The summed E-state index contributed by atoms with van der Waals surface area (Å²) in [5, 5.41) is 4.20. The Hall–Kier alpha value is -1.23. The molecule has 2 heterocycles. The van der Waals surface area contributed by atoms with Crippen LogP contribution >= 0.6 is 0 Å². The second-order valence-corrected chi connectivity index (χ2v) is 6.42. The Morgan fingerprint density at radius 2 is 1.95 bits per heavy atom. The molecule has 0 saturated carbocycles. The van der Waals surface area contributed by atoms with Gasteiger partial charge < -0.3 is 0 Å². The van der Waals surface area contributed by atoms with Gasteiger partial charge in [-0.2, -0.15) is 5.10 Å². The number of carbonyl (C=O) groups excluding carboxylic acids is 1. The molecule has 0 bridgehead atoms. The molecule has 0 amide bonds. The SMILES string of the molecule is CC(C)n1ncnc1CC(=O)C(C)(C)N1CCCCC1. The van der Waals surface area contributed by atoms with Gasteiger partial charge in [0.05, 0.1) is 12.0 Å². The van der Waals surface area contributed by atoms with Crippen molar-refractivity contribution in [3.8, 4) is 0 Å². The van der Waals surface area contributed by atoms with Gasteiger partial charge in [-0.15, -0.1) is 0 Å². The zero-order valence-electron chi connectivity index (χ0n) is 13.1. The van der Waals surface area contributed by atoms with E-state index in [0.29, 0.717) is 6.42 Å². The van der Waals surface area contributed by atoms with Crippen LogP contribution in [-0.2, 0) is 11.2 Å². The molecule has 0 spiro atoms. The third-order valence-corrected chi connectivity index (χ3v) is 4.28. The Balaban J connectivity index is 2.08. The monoisotopic (exact) mass is 278 g/mol. The standard InChI is InChI=1S/C15H26N4O/c1-12(2)19-14(16-11-17-19)10-13(20)15(3,4)18-8-6-5-7-9-18/h11-12H,5-10H2,1-4H3. The minimum absolute atomic E-state index is 0.231. The van der Waals surface area contributed by atoms with Crippen LogP contribution < -0.4 is 0 Å². The first-order valence-corrected chi connectivity index (χ1v) is 7.59. The molecule has 0 atom stereocenters. The van der Waals surface area contributed by atoms with Crippen LogP contribution in [0.4, 0.5) is 0 Å². The second-order valence-electron chi connectivity index (χ2n) is 6.42. The van der Waals surface area contributed by atoms with Crippen LogP contribution in [0.3, 0.4) is 0 Å². The Morgan fingerprint density at radius 3 is 2.55 bits per heavy atom. The van der Waals surface area contributed by atoms with Crippen LogP contribution in [0.15, 0.2) is 6.33 Å². The molecule has 1 saturated heterocycles. The number of hydrogen-bond acceptors (Lipinski definition) is 4. The van der Waals surface area contributed by atoms with Gasteiger partial charge in [-0.05, 0) is 53.6 Å². The van der Waals surface area contributed by atoms with Crippen molar-refractivity contribution in [3.63, 3.8) is 0 Å². The largest absolute Gasteiger partial charge is 0.297 e. The van der Waals surface area contributed by atoms with Crippen molar-refractivity contribution < 1.29 is 4.79 Å². The number of Topliss-reactive ketones (excluding diaryl/α,β-unsaturated/α-hetero) is 1. The number of likely N-dealkylation sites (tertiary alicyclic amines) is 1. The molecule has 0 radical (unpaired) electrons. The quantitative estimate of drug-likeness (QED) is 0.829. The van der Waals surface area contributed by atoms with Crippen molar-refractivity contribution in [1.29, 1.82) is 0 Å². The maximum atomic E-state index is 12.7. The molecular weight excluding hydrogens is 252 g/mol. The normalized spacial score (nSPS) is 17.6. The Morgan fingerprint density at radius 1 is 1.30 bits per heavy atom. The molecule has 112 valence electrons. The van der Waals surface area contributed by atoms with Crippen molar-refractivity contribution in [1.82, 2.24) is 19.7 Å². The van der Waals surface area contributed by atoms with E-state index in [0.717, 1.165) is 18.9 Å². The number of nitrogens with zero attached hydrogens (tertiary/aromatic N) is 4. The maximum absolute atomic E-state index is 12.7. The molecule has 0 N–H and O–H groups in total. The van der Waals surface area contributed by atoms with Gasteiger partial charge in [0.1, 0.15) is 12.2 Å². The maximum Gasteiger partial charge on any atom is 0.160 e. The summed E-state index contributed by atoms with van der Waals surface area (Å²) in [6.45, 7) is 10.2. The van der Waals surface area contributed by atoms with E-state index in [2.05, 4.69) is 28.8 Å². The van der Waals surface area contributed by atoms with Crippen LogP contribution in [-0.4, -0.2) is 44.1 Å². The van der Waals surface area contributed by atoms with Gasteiger partial charge in [0.25, 0.3) is 0 Å². The highest BCUT2D eigenvalue weighted by molar-refractivity contribution is 5.88. The molecule has 1 aliphatic rings. The molecule has 0 unspecified atom stereocenters. The number of hydrogen-bond donors (Lipinski definition) is 0. The molecule has 1 aliphatic heterocycles. The number of piperidine rings is 1. The summed E-state index contributed by atoms with van der Waals surface area (Å²) in [5.74, 6) is 1.00. The van der Waals surface area contributed by atoms with Gasteiger partial charge in [-0.1, -0.05) is 6.42 Å². The number of aromatic nitrogens is 3. The molecule has 5 nitrogen and oxygen atoms in total. The highest BCUT2D eigenvalue weighted by Gasteiger charge is 2.35. The Bertz CT molecular complexity index is 458.